The second kappa shape index (κ2) is 7.86. The molecular weight excluding hydrogens is 271 g/mol. The maximum absolute atomic E-state index is 13.4. The van der Waals surface area contributed by atoms with E-state index in [1.165, 1.54) is 6.07 Å². The molecule has 2 amide bonds. The topological polar surface area (TPSA) is 41.6 Å². The lowest BCUT2D eigenvalue weighted by molar-refractivity contribution is 0.205. The molecule has 0 aliphatic carbocycles. The summed E-state index contributed by atoms with van der Waals surface area (Å²) < 4.78 is 18.9. The van der Waals surface area contributed by atoms with E-state index in [0.717, 1.165) is 38.9 Å². The number of urea groups is 1. The Bertz CT molecular complexity index is 467. The first-order valence-electron chi connectivity index (χ1n) is 7.60. The fourth-order valence-corrected chi connectivity index (χ4v) is 2.49. The number of benzene rings is 1. The van der Waals surface area contributed by atoms with Crippen LogP contribution in [-0.4, -0.2) is 37.2 Å². The second-order valence-electron chi connectivity index (χ2n) is 5.40. The van der Waals surface area contributed by atoms with E-state index in [1.807, 2.05) is 11.8 Å². The fourth-order valence-electron chi connectivity index (χ4n) is 2.49. The number of carbonyl (C=O) groups is 1. The Kier molecular flexibility index (Phi) is 5.84. The lowest BCUT2D eigenvalue weighted by Crippen LogP contribution is -2.38. The van der Waals surface area contributed by atoms with Gasteiger partial charge in [0.25, 0.3) is 0 Å². The minimum atomic E-state index is -0.329. The van der Waals surface area contributed by atoms with Crippen LogP contribution in [0.4, 0.5) is 9.18 Å². The molecule has 0 bridgehead atoms. The summed E-state index contributed by atoms with van der Waals surface area (Å²) in [6, 6.07) is 6.45. The highest BCUT2D eigenvalue weighted by Crippen LogP contribution is 2.21. The molecule has 5 heteroatoms. The normalized spacial score (nSPS) is 17.8. The van der Waals surface area contributed by atoms with Crippen molar-refractivity contribution in [2.75, 3.05) is 26.2 Å². The molecule has 116 valence electrons. The van der Waals surface area contributed by atoms with E-state index in [4.69, 9.17) is 4.74 Å². The van der Waals surface area contributed by atoms with Crippen molar-refractivity contribution in [3.05, 3.63) is 30.1 Å². The van der Waals surface area contributed by atoms with Gasteiger partial charge in [-0.1, -0.05) is 19.1 Å². The van der Waals surface area contributed by atoms with E-state index >= 15 is 0 Å². The summed E-state index contributed by atoms with van der Waals surface area (Å²) in [6.07, 6.45) is 2.77. The molecule has 21 heavy (non-hydrogen) atoms. The number of hydrogen-bond acceptors (Lipinski definition) is 2. The highest BCUT2D eigenvalue weighted by atomic mass is 19.1. The molecule has 1 heterocycles. The van der Waals surface area contributed by atoms with E-state index in [9.17, 15) is 9.18 Å². The number of likely N-dealkylation sites (tertiary alicyclic amines) is 1. The van der Waals surface area contributed by atoms with E-state index < -0.39 is 0 Å². The molecular formula is C16H23FN2O2. The van der Waals surface area contributed by atoms with Crippen LogP contribution >= 0.6 is 0 Å². The monoisotopic (exact) mass is 294 g/mol. The van der Waals surface area contributed by atoms with Crippen molar-refractivity contribution in [3.8, 4) is 5.75 Å². The predicted octanol–water partition coefficient (Wildman–Crippen LogP) is 3.04. The molecule has 2 rings (SSSR count). The molecule has 0 spiro atoms. The molecule has 1 atom stereocenters. The Labute approximate surface area is 125 Å². The molecule has 1 aromatic rings. The highest BCUT2D eigenvalue weighted by Gasteiger charge is 2.25. The number of nitrogens with one attached hydrogen (secondary N) is 1. The van der Waals surface area contributed by atoms with Gasteiger partial charge >= 0.3 is 6.03 Å². The van der Waals surface area contributed by atoms with Crippen LogP contribution in [0, 0.1) is 11.7 Å². The predicted molar refractivity (Wildman–Crippen MR) is 79.9 cm³/mol. The molecule has 1 fully saturated rings. The van der Waals surface area contributed by atoms with E-state index in [2.05, 4.69) is 5.32 Å². The number of para-hydroxylation sites is 1. The van der Waals surface area contributed by atoms with Crippen molar-refractivity contribution >= 4 is 6.03 Å². The van der Waals surface area contributed by atoms with Crippen LogP contribution in [0.1, 0.15) is 26.2 Å². The molecule has 4 nitrogen and oxygen atoms in total. The second-order valence-corrected chi connectivity index (χ2v) is 5.40. The molecule has 1 saturated heterocycles. The van der Waals surface area contributed by atoms with Gasteiger partial charge in [0.2, 0.25) is 0 Å². The van der Waals surface area contributed by atoms with Gasteiger partial charge in [-0.05, 0) is 37.3 Å². The van der Waals surface area contributed by atoms with Gasteiger partial charge in [0, 0.05) is 19.6 Å². The Balaban J connectivity index is 1.69. The zero-order valence-corrected chi connectivity index (χ0v) is 12.5. The van der Waals surface area contributed by atoms with Gasteiger partial charge in [-0.2, -0.15) is 0 Å². The lowest BCUT2D eigenvalue weighted by atomic mass is 10.1. The maximum Gasteiger partial charge on any atom is 0.317 e. The van der Waals surface area contributed by atoms with Crippen LogP contribution in [0.3, 0.4) is 0 Å². The molecule has 0 saturated carbocycles. The summed E-state index contributed by atoms with van der Waals surface area (Å²) in [5.74, 6) is 0.404. The summed E-state index contributed by atoms with van der Waals surface area (Å²) in [7, 11) is 0. The molecule has 0 radical (unpaired) electrons. The molecule has 1 unspecified atom stereocenters. The summed E-state index contributed by atoms with van der Waals surface area (Å²) >= 11 is 0. The van der Waals surface area contributed by atoms with Gasteiger partial charge in [-0.25, -0.2) is 9.18 Å². The van der Waals surface area contributed by atoms with Gasteiger partial charge in [-0.15, -0.1) is 0 Å². The summed E-state index contributed by atoms with van der Waals surface area (Å²) in [5, 5.41) is 2.89. The molecule has 1 aliphatic heterocycles. The number of ether oxygens (including phenoxy) is 1. The molecule has 0 aromatic heterocycles. The number of halogens is 1. The van der Waals surface area contributed by atoms with Gasteiger partial charge in [0.1, 0.15) is 0 Å². The molecule has 1 aromatic carbocycles. The maximum atomic E-state index is 13.4. The molecule has 1 N–H and O–H groups in total. The number of carbonyl (C=O) groups excluding carboxylic acids is 1. The fraction of sp³-hybridized carbons (Fsp3) is 0.562. The Hall–Kier alpha value is -1.78. The van der Waals surface area contributed by atoms with Crippen molar-refractivity contribution in [1.29, 1.82) is 0 Å². The van der Waals surface area contributed by atoms with Crippen molar-refractivity contribution in [1.82, 2.24) is 10.2 Å². The zero-order valence-electron chi connectivity index (χ0n) is 12.5. The van der Waals surface area contributed by atoms with Gasteiger partial charge in [0.15, 0.2) is 11.6 Å². The summed E-state index contributed by atoms with van der Waals surface area (Å²) in [6.45, 7) is 4.79. The quantitative estimate of drug-likeness (QED) is 0.876. The van der Waals surface area contributed by atoms with Crippen molar-refractivity contribution in [2.45, 2.75) is 26.2 Å². The van der Waals surface area contributed by atoms with Crippen LogP contribution in [0.2, 0.25) is 0 Å². The van der Waals surface area contributed by atoms with E-state index in [-0.39, 0.29) is 11.8 Å². The van der Waals surface area contributed by atoms with Gasteiger partial charge in [-0.3, -0.25) is 0 Å². The average Bonchev–Trinajstić information content (AvgIpc) is 2.96. The van der Waals surface area contributed by atoms with Crippen LogP contribution in [0.15, 0.2) is 24.3 Å². The third-order valence-corrected chi connectivity index (χ3v) is 3.72. The first kappa shape index (κ1) is 15.6. The van der Waals surface area contributed by atoms with Crippen molar-refractivity contribution in [2.24, 2.45) is 5.92 Å². The minimum absolute atomic E-state index is 0.0226. The number of hydrogen-bond donors (Lipinski definition) is 1. The molecule has 1 aliphatic rings. The summed E-state index contributed by atoms with van der Waals surface area (Å²) in [4.78, 5) is 13.7. The SMILES string of the molecule is CCCNC(=O)N1CCC(CCOc2ccccc2F)C1. The van der Waals surface area contributed by atoms with Crippen molar-refractivity contribution in [3.63, 3.8) is 0 Å². The van der Waals surface area contributed by atoms with E-state index in [1.54, 1.807) is 18.2 Å². The number of rotatable bonds is 6. The lowest BCUT2D eigenvalue weighted by Gasteiger charge is -2.17. The van der Waals surface area contributed by atoms with Crippen LogP contribution in [-0.2, 0) is 0 Å². The highest BCUT2D eigenvalue weighted by molar-refractivity contribution is 5.74. The largest absolute Gasteiger partial charge is 0.491 e. The Morgan fingerprint density at radius 3 is 3.05 bits per heavy atom. The zero-order chi connectivity index (χ0) is 15.1. The van der Waals surface area contributed by atoms with E-state index in [0.29, 0.717) is 18.3 Å². The first-order chi connectivity index (χ1) is 10.2. The smallest absolute Gasteiger partial charge is 0.317 e. The number of amides is 2. The Morgan fingerprint density at radius 2 is 2.29 bits per heavy atom. The first-order valence-corrected chi connectivity index (χ1v) is 7.60. The average molecular weight is 294 g/mol. The van der Waals surface area contributed by atoms with Gasteiger partial charge < -0.3 is 15.0 Å². The van der Waals surface area contributed by atoms with Crippen LogP contribution in [0.5, 0.6) is 5.75 Å². The van der Waals surface area contributed by atoms with Crippen molar-refractivity contribution < 1.29 is 13.9 Å². The van der Waals surface area contributed by atoms with Gasteiger partial charge in [0.05, 0.1) is 6.61 Å². The third-order valence-electron chi connectivity index (χ3n) is 3.72. The van der Waals surface area contributed by atoms with Crippen LogP contribution < -0.4 is 10.1 Å². The number of nitrogens with zero attached hydrogens (tertiary/aromatic N) is 1. The van der Waals surface area contributed by atoms with Crippen LogP contribution in [0.25, 0.3) is 0 Å². The minimum Gasteiger partial charge on any atom is -0.491 e. The summed E-state index contributed by atoms with van der Waals surface area (Å²) in [5.41, 5.74) is 0. The standard InChI is InChI=1S/C16H23FN2O2/c1-2-9-18-16(20)19-10-7-13(12-19)8-11-21-15-6-4-3-5-14(15)17/h3-6,13H,2,7-12H2,1H3,(H,18,20). The Morgan fingerprint density at radius 1 is 1.48 bits per heavy atom. The third kappa shape index (κ3) is 4.62.